The molecular weight excluding hydrogens is 502 g/mol. The van der Waals surface area contributed by atoms with Gasteiger partial charge < -0.3 is 19.1 Å². The molecule has 1 aromatic carbocycles. The van der Waals surface area contributed by atoms with Crippen LogP contribution in [0.5, 0.6) is 11.5 Å². The maximum Gasteiger partial charge on any atom is 0.176 e. The van der Waals surface area contributed by atoms with E-state index < -0.39 is 0 Å². The molecule has 0 amide bonds. The average molecular weight is 525 g/mol. The van der Waals surface area contributed by atoms with Crippen molar-refractivity contribution in [2.45, 2.75) is 25.5 Å². The summed E-state index contributed by atoms with van der Waals surface area (Å²) in [6.07, 6.45) is 3.42. The normalized spacial score (nSPS) is 22.5. The lowest BCUT2D eigenvalue weighted by Crippen LogP contribution is -2.39. The van der Waals surface area contributed by atoms with Gasteiger partial charge in [-0.15, -0.1) is 0 Å². The molecule has 3 aliphatic heterocycles. The van der Waals surface area contributed by atoms with Crippen molar-refractivity contribution in [2.24, 2.45) is 0 Å². The van der Waals surface area contributed by atoms with Gasteiger partial charge in [0.05, 0.1) is 31.6 Å². The third kappa shape index (κ3) is 3.93. The third-order valence-corrected chi connectivity index (χ3v) is 7.09. The molecule has 4 heterocycles. The SMILES string of the molecule is Cc1cc2c(cc1Br)Oc1cc(Br)cnc1N2CCOCCN1C[C@H]2C[C@@H]1CO2. The van der Waals surface area contributed by atoms with E-state index in [2.05, 4.69) is 59.6 Å². The molecule has 3 aliphatic rings. The van der Waals surface area contributed by atoms with E-state index in [0.717, 1.165) is 63.8 Å². The predicted molar refractivity (Wildman–Crippen MR) is 118 cm³/mol. The number of likely N-dealkylation sites (tertiary alicyclic amines) is 1. The van der Waals surface area contributed by atoms with E-state index in [4.69, 9.17) is 14.2 Å². The highest BCUT2D eigenvalue weighted by Gasteiger charge is 2.38. The summed E-state index contributed by atoms with van der Waals surface area (Å²) in [7, 11) is 0. The molecule has 29 heavy (non-hydrogen) atoms. The maximum atomic E-state index is 6.12. The first kappa shape index (κ1) is 19.8. The first-order valence-corrected chi connectivity index (χ1v) is 11.5. The van der Waals surface area contributed by atoms with Crippen LogP contribution in [-0.4, -0.2) is 61.5 Å². The van der Waals surface area contributed by atoms with Gasteiger partial charge in [-0.05, 0) is 47.0 Å². The highest BCUT2D eigenvalue weighted by atomic mass is 79.9. The van der Waals surface area contributed by atoms with Gasteiger partial charge >= 0.3 is 0 Å². The number of nitrogens with zero attached hydrogens (tertiary/aromatic N) is 3. The van der Waals surface area contributed by atoms with Gasteiger partial charge in [0.1, 0.15) is 0 Å². The standard InChI is InChI=1S/C21H23Br2N3O3/c1-13-6-18-19(9-17(13)23)29-20-7-14(22)10-24-21(20)26(18)3-5-27-4-2-25-11-16-8-15(25)12-28-16/h6-7,9-10,15-16H,2-5,8,11-12H2,1H3/t15-,16-/m1/s1. The van der Waals surface area contributed by atoms with Crippen molar-refractivity contribution in [3.05, 3.63) is 38.9 Å². The van der Waals surface area contributed by atoms with E-state index in [1.54, 1.807) is 6.20 Å². The van der Waals surface area contributed by atoms with Gasteiger partial charge in [-0.25, -0.2) is 4.98 Å². The Balaban J connectivity index is 1.26. The summed E-state index contributed by atoms with van der Waals surface area (Å²) in [6, 6.07) is 6.70. The van der Waals surface area contributed by atoms with E-state index in [9.17, 15) is 0 Å². The fraction of sp³-hybridized carbons (Fsp3) is 0.476. The second kappa shape index (κ2) is 8.15. The fourth-order valence-electron chi connectivity index (χ4n) is 4.28. The molecule has 0 unspecified atom stereocenters. The number of hydrogen-bond acceptors (Lipinski definition) is 6. The van der Waals surface area contributed by atoms with Gasteiger partial charge in [0.25, 0.3) is 0 Å². The summed E-state index contributed by atoms with van der Waals surface area (Å²) in [6.45, 7) is 7.06. The Labute approximate surface area is 187 Å². The Morgan fingerprint density at radius 3 is 2.83 bits per heavy atom. The number of morpholine rings is 1. The lowest BCUT2D eigenvalue weighted by atomic mass is 10.1. The molecule has 0 radical (unpaired) electrons. The van der Waals surface area contributed by atoms with Crippen LogP contribution in [0.4, 0.5) is 11.5 Å². The average Bonchev–Trinajstić information content (AvgIpc) is 3.31. The Morgan fingerprint density at radius 2 is 2.03 bits per heavy atom. The van der Waals surface area contributed by atoms with Crippen LogP contribution in [0.3, 0.4) is 0 Å². The minimum Gasteiger partial charge on any atom is -0.451 e. The molecule has 1 aromatic heterocycles. The molecule has 2 atom stereocenters. The van der Waals surface area contributed by atoms with Crippen molar-refractivity contribution in [3.8, 4) is 11.5 Å². The number of ether oxygens (including phenoxy) is 3. The number of aromatic nitrogens is 1. The first-order chi connectivity index (χ1) is 14.1. The van der Waals surface area contributed by atoms with Gasteiger partial charge in [-0.1, -0.05) is 15.9 Å². The van der Waals surface area contributed by atoms with Crippen molar-refractivity contribution in [1.29, 1.82) is 0 Å². The van der Waals surface area contributed by atoms with Crippen molar-refractivity contribution in [2.75, 3.05) is 44.4 Å². The molecular formula is C21H23Br2N3O3. The van der Waals surface area contributed by atoms with Crippen molar-refractivity contribution in [3.63, 3.8) is 0 Å². The van der Waals surface area contributed by atoms with Crippen LogP contribution in [0, 0.1) is 6.92 Å². The largest absolute Gasteiger partial charge is 0.451 e. The number of aryl methyl sites for hydroxylation is 1. The summed E-state index contributed by atoms with van der Waals surface area (Å²) < 4.78 is 19.7. The highest BCUT2D eigenvalue weighted by Crippen LogP contribution is 2.47. The molecule has 2 fully saturated rings. The maximum absolute atomic E-state index is 6.12. The predicted octanol–water partition coefficient (Wildman–Crippen LogP) is 4.65. The lowest BCUT2D eigenvalue weighted by Gasteiger charge is -2.32. The topological polar surface area (TPSA) is 47.1 Å². The molecule has 0 N–H and O–H groups in total. The molecule has 8 heteroatoms. The van der Waals surface area contributed by atoms with Crippen LogP contribution in [0.15, 0.2) is 33.3 Å². The van der Waals surface area contributed by atoms with Crippen molar-refractivity contribution >= 4 is 43.4 Å². The van der Waals surface area contributed by atoms with E-state index in [1.807, 2.05) is 12.1 Å². The molecule has 2 aromatic rings. The number of anilines is 2. The van der Waals surface area contributed by atoms with Crippen LogP contribution in [0.2, 0.25) is 0 Å². The number of fused-ring (bicyclic) bond motifs is 4. The smallest absolute Gasteiger partial charge is 0.176 e. The number of rotatable bonds is 6. The summed E-state index contributed by atoms with van der Waals surface area (Å²) in [4.78, 5) is 9.28. The Bertz CT molecular complexity index is 926. The molecule has 0 aliphatic carbocycles. The van der Waals surface area contributed by atoms with Crippen LogP contribution < -0.4 is 9.64 Å². The van der Waals surface area contributed by atoms with Gasteiger partial charge in [0.15, 0.2) is 17.3 Å². The molecule has 0 spiro atoms. The minimum absolute atomic E-state index is 0.439. The monoisotopic (exact) mass is 523 g/mol. The van der Waals surface area contributed by atoms with Gasteiger partial charge in [0.2, 0.25) is 0 Å². The van der Waals surface area contributed by atoms with E-state index in [0.29, 0.717) is 25.3 Å². The van der Waals surface area contributed by atoms with E-state index >= 15 is 0 Å². The molecule has 6 nitrogen and oxygen atoms in total. The zero-order chi connectivity index (χ0) is 20.0. The van der Waals surface area contributed by atoms with Crippen LogP contribution in [0.1, 0.15) is 12.0 Å². The first-order valence-electron chi connectivity index (χ1n) is 9.93. The Kier molecular flexibility index (Phi) is 5.55. The Hall–Kier alpha value is -1.19. The summed E-state index contributed by atoms with van der Waals surface area (Å²) in [5.74, 6) is 2.39. The fourth-order valence-corrected chi connectivity index (χ4v) is 4.92. The molecule has 154 valence electrons. The van der Waals surface area contributed by atoms with E-state index in [-0.39, 0.29) is 0 Å². The Morgan fingerprint density at radius 1 is 1.17 bits per heavy atom. The minimum atomic E-state index is 0.439. The van der Waals surface area contributed by atoms with Crippen LogP contribution >= 0.6 is 31.9 Å². The highest BCUT2D eigenvalue weighted by molar-refractivity contribution is 9.10. The zero-order valence-electron chi connectivity index (χ0n) is 16.2. The van der Waals surface area contributed by atoms with Gasteiger partial charge in [-0.2, -0.15) is 0 Å². The van der Waals surface area contributed by atoms with Crippen molar-refractivity contribution < 1.29 is 14.2 Å². The molecule has 0 saturated carbocycles. The number of pyridine rings is 1. The van der Waals surface area contributed by atoms with Crippen LogP contribution in [0.25, 0.3) is 0 Å². The summed E-state index contributed by atoms with van der Waals surface area (Å²) in [5, 5.41) is 0. The number of benzene rings is 1. The third-order valence-electron chi connectivity index (χ3n) is 5.80. The van der Waals surface area contributed by atoms with Gasteiger partial charge in [0, 0.05) is 46.9 Å². The van der Waals surface area contributed by atoms with E-state index in [1.165, 1.54) is 6.42 Å². The number of hydrogen-bond donors (Lipinski definition) is 0. The lowest BCUT2D eigenvalue weighted by molar-refractivity contribution is 0.0163. The summed E-state index contributed by atoms with van der Waals surface area (Å²) in [5.41, 5.74) is 2.18. The second-order valence-electron chi connectivity index (χ2n) is 7.75. The molecule has 5 rings (SSSR count). The second-order valence-corrected chi connectivity index (χ2v) is 9.52. The molecule has 2 bridgehead atoms. The quantitative estimate of drug-likeness (QED) is 0.513. The zero-order valence-corrected chi connectivity index (χ0v) is 19.4. The molecule has 2 saturated heterocycles. The number of halogens is 2. The van der Waals surface area contributed by atoms with Gasteiger partial charge in [-0.3, -0.25) is 4.90 Å². The van der Waals surface area contributed by atoms with Crippen molar-refractivity contribution in [1.82, 2.24) is 9.88 Å². The van der Waals surface area contributed by atoms with Crippen LogP contribution in [-0.2, 0) is 9.47 Å². The summed E-state index contributed by atoms with van der Waals surface area (Å²) >= 11 is 7.09.